The van der Waals surface area contributed by atoms with Crippen LogP contribution in [0.5, 0.6) is 5.88 Å². The molecule has 1 aliphatic heterocycles. The molecule has 2 aromatic heterocycles. The molecule has 1 amide bonds. The molecular weight excluding hydrogens is 530 g/mol. The molecular formula is C30H30ClN5O4. The molecule has 2 N–H and O–H groups in total. The van der Waals surface area contributed by atoms with Crippen molar-refractivity contribution in [3.05, 3.63) is 92.9 Å². The van der Waals surface area contributed by atoms with E-state index in [1.165, 1.54) is 19.3 Å². The minimum absolute atomic E-state index is 0.00621. The van der Waals surface area contributed by atoms with Gasteiger partial charge in [-0.2, -0.15) is 5.10 Å². The zero-order valence-corrected chi connectivity index (χ0v) is 23.3. The SMILES string of the molecule is COc1nc(-c2cccc(-c3cccc(NC(=O)c4ccnn(C)c4=O)c3C)c2Cl)ccc1CN1CC[C@H](O)C1. The molecule has 10 heteroatoms. The summed E-state index contributed by atoms with van der Waals surface area (Å²) in [5, 5.41) is 17.1. The van der Waals surface area contributed by atoms with Crippen LogP contribution in [-0.2, 0) is 13.6 Å². The van der Waals surface area contributed by atoms with Crippen LogP contribution in [0, 0.1) is 6.92 Å². The normalized spacial score (nSPS) is 15.3. The average molecular weight is 560 g/mol. The molecule has 3 heterocycles. The van der Waals surface area contributed by atoms with Crippen molar-refractivity contribution < 1.29 is 14.6 Å². The Morgan fingerprint density at radius 2 is 1.88 bits per heavy atom. The Labute approximate surface area is 237 Å². The zero-order valence-electron chi connectivity index (χ0n) is 22.5. The monoisotopic (exact) mass is 559 g/mol. The van der Waals surface area contributed by atoms with E-state index in [4.69, 9.17) is 21.3 Å². The maximum atomic E-state index is 12.9. The molecule has 206 valence electrons. The molecule has 5 rings (SSSR count). The first-order valence-electron chi connectivity index (χ1n) is 12.9. The average Bonchev–Trinajstić information content (AvgIpc) is 3.36. The highest BCUT2D eigenvalue weighted by Crippen LogP contribution is 2.39. The number of methoxy groups -OCH3 is 1. The van der Waals surface area contributed by atoms with Gasteiger partial charge < -0.3 is 15.2 Å². The molecule has 0 bridgehead atoms. The second-order valence-corrected chi connectivity index (χ2v) is 10.2. The number of aromatic nitrogens is 3. The quantitative estimate of drug-likeness (QED) is 0.347. The van der Waals surface area contributed by atoms with Gasteiger partial charge in [0.05, 0.1) is 23.9 Å². The number of aliphatic hydroxyl groups excluding tert-OH is 1. The van der Waals surface area contributed by atoms with Crippen LogP contribution in [0.4, 0.5) is 5.69 Å². The summed E-state index contributed by atoms with van der Waals surface area (Å²) in [5.41, 5.74) is 4.87. The Bertz CT molecular complexity index is 1640. The predicted octanol–water partition coefficient (Wildman–Crippen LogP) is 4.30. The number of hydrogen-bond donors (Lipinski definition) is 2. The van der Waals surface area contributed by atoms with Crippen LogP contribution in [0.2, 0.25) is 5.02 Å². The van der Waals surface area contributed by atoms with Crippen molar-refractivity contribution in [2.75, 3.05) is 25.5 Å². The lowest BCUT2D eigenvalue weighted by Gasteiger charge is -2.18. The number of carbonyl (C=O) groups is 1. The van der Waals surface area contributed by atoms with Crippen molar-refractivity contribution >= 4 is 23.2 Å². The number of halogens is 1. The predicted molar refractivity (Wildman–Crippen MR) is 155 cm³/mol. The molecule has 0 aliphatic carbocycles. The topological polar surface area (TPSA) is 110 Å². The fraction of sp³-hybridized carbons (Fsp3) is 0.267. The van der Waals surface area contributed by atoms with Gasteiger partial charge >= 0.3 is 0 Å². The van der Waals surface area contributed by atoms with Crippen molar-refractivity contribution in [1.29, 1.82) is 0 Å². The summed E-state index contributed by atoms with van der Waals surface area (Å²) in [5.74, 6) is 0.00595. The summed E-state index contributed by atoms with van der Waals surface area (Å²) in [6.45, 7) is 4.00. The standard InChI is InChI=1S/C30H30ClN5O4/c1-18-21(6-5-9-25(18)33-28(38)24-12-14-32-35(2)30(24)39)22-7-4-8-23(27(22)31)26-11-10-19(29(34-26)40-3)16-36-15-13-20(37)17-36/h4-12,14,20,37H,13,15-17H2,1-3H3,(H,33,38)/t20-/m0/s1. The summed E-state index contributed by atoms with van der Waals surface area (Å²) in [4.78, 5) is 32.2. The summed E-state index contributed by atoms with van der Waals surface area (Å²) < 4.78 is 6.73. The molecule has 1 saturated heterocycles. The first-order valence-corrected chi connectivity index (χ1v) is 13.3. The van der Waals surface area contributed by atoms with Crippen LogP contribution in [0.1, 0.15) is 27.9 Å². The number of benzene rings is 2. The fourth-order valence-corrected chi connectivity index (χ4v) is 5.31. The molecule has 4 aromatic rings. The van der Waals surface area contributed by atoms with Gasteiger partial charge in [-0.25, -0.2) is 9.67 Å². The van der Waals surface area contributed by atoms with Gasteiger partial charge in [-0.3, -0.25) is 14.5 Å². The van der Waals surface area contributed by atoms with E-state index in [1.54, 1.807) is 13.2 Å². The number of hydrogen-bond acceptors (Lipinski definition) is 7. The van der Waals surface area contributed by atoms with Gasteiger partial charge in [0.2, 0.25) is 5.88 Å². The maximum Gasteiger partial charge on any atom is 0.279 e. The molecule has 1 atom stereocenters. The number of aliphatic hydroxyl groups is 1. The van der Waals surface area contributed by atoms with Gasteiger partial charge in [-0.05, 0) is 42.7 Å². The molecule has 0 radical (unpaired) electrons. The summed E-state index contributed by atoms with van der Waals surface area (Å²) in [7, 11) is 3.09. The van der Waals surface area contributed by atoms with Crippen molar-refractivity contribution in [2.45, 2.75) is 26.0 Å². The number of carbonyl (C=O) groups excluding carboxylic acids is 1. The van der Waals surface area contributed by atoms with Gasteiger partial charge in [0.1, 0.15) is 5.56 Å². The second-order valence-electron chi connectivity index (χ2n) is 9.82. The van der Waals surface area contributed by atoms with E-state index < -0.39 is 11.5 Å². The van der Waals surface area contributed by atoms with Gasteiger partial charge in [0.25, 0.3) is 11.5 Å². The number of aryl methyl sites for hydroxylation is 1. The lowest BCUT2D eigenvalue weighted by atomic mass is 9.96. The second kappa shape index (κ2) is 11.6. The molecule has 2 aromatic carbocycles. The highest BCUT2D eigenvalue weighted by atomic mass is 35.5. The van der Waals surface area contributed by atoms with E-state index in [2.05, 4.69) is 15.3 Å². The van der Waals surface area contributed by atoms with Crippen molar-refractivity contribution in [3.63, 3.8) is 0 Å². The number of anilines is 1. The molecule has 40 heavy (non-hydrogen) atoms. The largest absolute Gasteiger partial charge is 0.481 e. The third-order valence-electron chi connectivity index (χ3n) is 7.17. The third-order valence-corrected chi connectivity index (χ3v) is 7.58. The van der Waals surface area contributed by atoms with Crippen molar-refractivity contribution in [1.82, 2.24) is 19.7 Å². The number of nitrogens with zero attached hydrogens (tertiary/aromatic N) is 4. The van der Waals surface area contributed by atoms with E-state index >= 15 is 0 Å². The van der Waals surface area contributed by atoms with Crippen LogP contribution in [-0.4, -0.2) is 57.0 Å². The van der Waals surface area contributed by atoms with Crippen LogP contribution >= 0.6 is 11.6 Å². The Kier molecular flexibility index (Phi) is 7.97. The molecule has 0 unspecified atom stereocenters. The summed E-state index contributed by atoms with van der Waals surface area (Å²) in [6, 6.07) is 16.6. The lowest BCUT2D eigenvalue weighted by molar-refractivity contribution is 0.102. The Morgan fingerprint density at radius 3 is 2.62 bits per heavy atom. The Hall–Kier alpha value is -4.05. The molecule has 0 spiro atoms. The Balaban J connectivity index is 1.45. The van der Waals surface area contributed by atoms with Crippen LogP contribution in [0.25, 0.3) is 22.4 Å². The number of likely N-dealkylation sites (tertiary alicyclic amines) is 1. The summed E-state index contributed by atoms with van der Waals surface area (Å²) in [6.07, 6.45) is 1.89. The van der Waals surface area contributed by atoms with Crippen LogP contribution in [0.3, 0.4) is 0 Å². The zero-order chi connectivity index (χ0) is 28.4. The van der Waals surface area contributed by atoms with E-state index in [-0.39, 0.29) is 11.7 Å². The number of nitrogens with one attached hydrogen (secondary N) is 1. The van der Waals surface area contributed by atoms with Gasteiger partial charge in [0, 0.05) is 55.3 Å². The Morgan fingerprint density at radius 1 is 1.12 bits per heavy atom. The highest BCUT2D eigenvalue weighted by molar-refractivity contribution is 6.36. The van der Waals surface area contributed by atoms with Gasteiger partial charge in [-0.15, -0.1) is 0 Å². The number of β-amino-alcohol motifs (C(OH)–C–C–N with tert-alkyl or cyclic N) is 1. The van der Waals surface area contributed by atoms with E-state index in [9.17, 15) is 14.7 Å². The highest BCUT2D eigenvalue weighted by Gasteiger charge is 2.22. The van der Waals surface area contributed by atoms with Crippen molar-refractivity contribution in [3.8, 4) is 28.3 Å². The smallest absolute Gasteiger partial charge is 0.279 e. The maximum absolute atomic E-state index is 12.9. The first kappa shape index (κ1) is 27.5. The molecule has 1 fully saturated rings. The molecule has 0 saturated carbocycles. The van der Waals surface area contributed by atoms with Gasteiger partial charge in [-0.1, -0.05) is 48.0 Å². The fourth-order valence-electron chi connectivity index (χ4n) is 4.98. The minimum Gasteiger partial charge on any atom is -0.481 e. The molecule has 9 nitrogen and oxygen atoms in total. The molecule has 1 aliphatic rings. The van der Waals surface area contributed by atoms with Crippen molar-refractivity contribution in [2.24, 2.45) is 7.05 Å². The number of rotatable bonds is 7. The summed E-state index contributed by atoms with van der Waals surface area (Å²) >= 11 is 6.98. The van der Waals surface area contributed by atoms with E-state index in [0.29, 0.717) is 35.4 Å². The first-order chi connectivity index (χ1) is 19.3. The number of pyridine rings is 1. The van der Waals surface area contributed by atoms with Crippen LogP contribution in [0.15, 0.2) is 65.6 Å². The minimum atomic E-state index is -0.511. The van der Waals surface area contributed by atoms with Gasteiger partial charge in [0.15, 0.2) is 0 Å². The van der Waals surface area contributed by atoms with E-state index in [1.807, 2.05) is 49.4 Å². The van der Waals surface area contributed by atoms with Crippen LogP contribution < -0.4 is 15.6 Å². The van der Waals surface area contributed by atoms with E-state index in [0.717, 1.165) is 45.5 Å². The number of amides is 1. The number of ether oxygens (including phenoxy) is 1. The lowest BCUT2D eigenvalue weighted by Crippen LogP contribution is -2.28. The third kappa shape index (κ3) is 5.49.